The summed E-state index contributed by atoms with van der Waals surface area (Å²) in [5, 5.41) is 10.6. The molecule has 0 N–H and O–H groups in total. The van der Waals surface area contributed by atoms with E-state index in [0.29, 0.717) is 0 Å². The first kappa shape index (κ1) is 14.7. The molecule has 19 heavy (non-hydrogen) atoms. The molecule has 2 aromatic carbocycles. The van der Waals surface area contributed by atoms with Crippen molar-refractivity contribution in [2.24, 2.45) is 0 Å². The summed E-state index contributed by atoms with van der Waals surface area (Å²) < 4.78 is 0. The van der Waals surface area contributed by atoms with Crippen molar-refractivity contribution in [2.75, 3.05) is 0 Å². The fourth-order valence-corrected chi connectivity index (χ4v) is 3.42. The fourth-order valence-electron chi connectivity index (χ4n) is 2.29. The van der Waals surface area contributed by atoms with E-state index < -0.39 is 11.2 Å². The summed E-state index contributed by atoms with van der Waals surface area (Å²) in [5.74, 6) is -1.03. The number of carboxylic acid groups (broad SMARTS) is 1. The molecule has 0 radical (unpaired) electrons. The zero-order valence-electron chi connectivity index (χ0n) is 10.8. The number of carboxylic acids is 1. The van der Waals surface area contributed by atoms with Crippen molar-refractivity contribution in [1.82, 2.24) is 0 Å². The van der Waals surface area contributed by atoms with E-state index in [4.69, 9.17) is 0 Å². The van der Waals surface area contributed by atoms with E-state index >= 15 is 0 Å². The minimum atomic E-state index is -1.03. The van der Waals surface area contributed by atoms with Gasteiger partial charge in [-0.3, -0.25) is 0 Å². The van der Waals surface area contributed by atoms with Crippen LogP contribution in [0.5, 0.6) is 0 Å². The Morgan fingerprint density at radius 3 is 2.63 bits per heavy atom. The Labute approximate surface area is 138 Å². The number of benzene rings is 2. The predicted octanol–water partition coefficient (Wildman–Crippen LogP) is -0.437. The molecule has 0 amide bonds. The van der Waals surface area contributed by atoms with Gasteiger partial charge in [0, 0.05) is 4.90 Å². The maximum Gasteiger partial charge on any atom is 1.00 e. The van der Waals surface area contributed by atoms with E-state index in [-0.39, 0.29) is 29.6 Å². The van der Waals surface area contributed by atoms with Crippen LogP contribution in [0.2, 0.25) is 0 Å². The quantitative estimate of drug-likeness (QED) is 0.664. The molecule has 0 bridgehead atoms. The molecule has 1 aliphatic rings. The van der Waals surface area contributed by atoms with Crippen molar-refractivity contribution in [3.05, 3.63) is 53.6 Å². The van der Waals surface area contributed by atoms with Gasteiger partial charge in [0.1, 0.15) is 0 Å². The number of carbonyl (C=O) groups excluding carboxylic acids is 1. The Kier molecular flexibility index (Phi) is 4.41. The Morgan fingerprint density at radius 2 is 1.89 bits per heavy atom. The molecule has 3 rings (SSSR count). The molecular formula is C15H11NaO2S. The van der Waals surface area contributed by atoms with E-state index in [2.05, 4.69) is 6.07 Å². The van der Waals surface area contributed by atoms with Gasteiger partial charge in [-0.1, -0.05) is 42.0 Å². The summed E-state index contributed by atoms with van der Waals surface area (Å²) in [7, 11) is 0. The van der Waals surface area contributed by atoms with Gasteiger partial charge in [-0.25, -0.2) is 0 Å². The third kappa shape index (κ3) is 2.61. The Bertz CT molecular complexity index is 640. The van der Waals surface area contributed by atoms with Gasteiger partial charge >= 0.3 is 29.6 Å². The predicted molar refractivity (Wildman–Crippen MR) is 70.2 cm³/mol. The summed E-state index contributed by atoms with van der Waals surface area (Å²) in [6.45, 7) is 2.04. The van der Waals surface area contributed by atoms with Crippen LogP contribution in [-0.4, -0.2) is 5.97 Å². The number of aryl methyl sites for hydroxylation is 1. The molecule has 0 aromatic heterocycles. The summed E-state index contributed by atoms with van der Waals surface area (Å²) in [6.07, 6.45) is 0. The third-order valence-corrected chi connectivity index (χ3v) is 4.42. The fraction of sp³-hybridized carbons (Fsp3) is 0.133. The van der Waals surface area contributed by atoms with Crippen LogP contribution in [-0.2, 0) is 4.79 Å². The molecule has 1 aliphatic heterocycles. The zero-order chi connectivity index (χ0) is 12.7. The van der Waals surface area contributed by atoms with Crippen LogP contribution < -0.4 is 34.7 Å². The third-order valence-electron chi connectivity index (χ3n) is 3.13. The van der Waals surface area contributed by atoms with Crippen LogP contribution >= 0.6 is 11.8 Å². The number of thioether (sulfide) groups is 1. The summed E-state index contributed by atoms with van der Waals surface area (Å²) >= 11 is 1.35. The molecular weight excluding hydrogens is 267 g/mol. The number of rotatable bonds is 1. The maximum atomic E-state index is 11.3. The minimum absolute atomic E-state index is 0. The van der Waals surface area contributed by atoms with E-state index in [1.807, 2.05) is 43.3 Å². The number of aliphatic carboxylic acids is 1. The van der Waals surface area contributed by atoms with Gasteiger partial charge in [0.05, 0.1) is 11.2 Å². The van der Waals surface area contributed by atoms with Gasteiger partial charge < -0.3 is 9.90 Å². The average molecular weight is 278 g/mol. The number of carbonyl (C=O) groups is 1. The van der Waals surface area contributed by atoms with Crippen molar-refractivity contribution in [1.29, 1.82) is 0 Å². The first-order valence-corrected chi connectivity index (χ1v) is 6.62. The smallest absolute Gasteiger partial charge is 0.549 e. The number of hydrogen-bond acceptors (Lipinski definition) is 3. The van der Waals surface area contributed by atoms with E-state index in [0.717, 1.165) is 21.6 Å². The summed E-state index contributed by atoms with van der Waals surface area (Å²) in [6, 6.07) is 13.8. The summed E-state index contributed by atoms with van der Waals surface area (Å²) in [5.41, 5.74) is 4.13. The molecule has 4 heteroatoms. The molecule has 0 saturated carbocycles. The van der Waals surface area contributed by atoms with Gasteiger partial charge in [0.15, 0.2) is 0 Å². The van der Waals surface area contributed by atoms with E-state index in [9.17, 15) is 9.90 Å². The Morgan fingerprint density at radius 1 is 1.16 bits per heavy atom. The van der Waals surface area contributed by atoms with E-state index in [1.54, 1.807) is 0 Å². The van der Waals surface area contributed by atoms with Gasteiger partial charge in [-0.15, -0.1) is 11.8 Å². The van der Waals surface area contributed by atoms with Crippen molar-refractivity contribution in [3.8, 4) is 11.1 Å². The Hall–Kier alpha value is -0.740. The van der Waals surface area contributed by atoms with Crippen molar-refractivity contribution >= 4 is 17.7 Å². The zero-order valence-corrected chi connectivity index (χ0v) is 13.7. The second-order valence-corrected chi connectivity index (χ2v) is 5.55. The molecule has 0 fully saturated rings. The van der Waals surface area contributed by atoms with Crippen molar-refractivity contribution in [3.63, 3.8) is 0 Å². The van der Waals surface area contributed by atoms with Gasteiger partial charge in [0.25, 0.3) is 0 Å². The maximum absolute atomic E-state index is 11.3. The molecule has 1 atom stereocenters. The van der Waals surface area contributed by atoms with E-state index in [1.165, 1.54) is 17.3 Å². The monoisotopic (exact) mass is 278 g/mol. The van der Waals surface area contributed by atoms with Gasteiger partial charge in [-0.05, 0) is 29.7 Å². The molecule has 0 spiro atoms. The minimum Gasteiger partial charge on any atom is -0.549 e. The average Bonchev–Trinajstić information content (AvgIpc) is 2.37. The second-order valence-electron chi connectivity index (χ2n) is 4.40. The second kappa shape index (κ2) is 5.71. The van der Waals surface area contributed by atoms with Crippen LogP contribution in [0.25, 0.3) is 11.1 Å². The molecule has 1 heterocycles. The number of fused-ring (bicyclic) bond motifs is 3. The molecule has 0 saturated heterocycles. The molecule has 2 nitrogen and oxygen atoms in total. The van der Waals surface area contributed by atoms with Gasteiger partial charge in [0.2, 0.25) is 0 Å². The number of hydrogen-bond donors (Lipinski definition) is 0. The standard InChI is InChI=1S/C15H12O2S.Na/c1-9-6-7-13-12(8-9)10-4-2-3-5-11(10)14(18-13)15(16)17;/h2-8,14H,1H3,(H,16,17);/q;+1/p-1. The molecule has 1 unspecified atom stereocenters. The topological polar surface area (TPSA) is 40.1 Å². The molecule has 2 aromatic rings. The van der Waals surface area contributed by atoms with Crippen LogP contribution in [0.4, 0.5) is 0 Å². The Balaban J connectivity index is 0.00000133. The first-order valence-electron chi connectivity index (χ1n) is 5.74. The largest absolute Gasteiger partial charge is 1.00 e. The molecule has 0 aliphatic carbocycles. The van der Waals surface area contributed by atoms with Crippen LogP contribution in [0, 0.1) is 6.92 Å². The normalized spacial score (nSPS) is 15.9. The van der Waals surface area contributed by atoms with Gasteiger partial charge in [-0.2, -0.15) is 0 Å². The van der Waals surface area contributed by atoms with Crippen LogP contribution in [0.15, 0.2) is 47.4 Å². The SMILES string of the molecule is Cc1ccc2c(c1)-c1ccccc1C(C(=O)[O-])S2.[Na+]. The van der Waals surface area contributed by atoms with Crippen molar-refractivity contribution in [2.45, 2.75) is 17.1 Å². The molecule has 90 valence electrons. The first-order chi connectivity index (χ1) is 8.66. The van der Waals surface area contributed by atoms with Crippen molar-refractivity contribution < 1.29 is 39.5 Å². The van der Waals surface area contributed by atoms with Crippen LogP contribution in [0.1, 0.15) is 16.4 Å². The van der Waals surface area contributed by atoms with Crippen LogP contribution in [0.3, 0.4) is 0 Å². The summed E-state index contributed by atoms with van der Waals surface area (Å²) in [4.78, 5) is 12.3.